The monoisotopic (exact) mass is 419 g/mol. The smallest absolute Gasteiger partial charge is 0.267 e. The SMILES string of the molecule is N#Cc1nccnc1NCC1CCCCN1c1ccc(=O)n(Cc2cccc(F)c2)n1. The van der Waals surface area contributed by atoms with Crippen molar-refractivity contribution in [1.29, 1.82) is 5.26 Å². The molecule has 1 aliphatic heterocycles. The number of aromatic nitrogens is 4. The fourth-order valence-corrected chi connectivity index (χ4v) is 3.79. The van der Waals surface area contributed by atoms with Crippen molar-refractivity contribution >= 4 is 11.6 Å². The van der Waals surface area contributed by atoms with Gasteiger partial charge >= 0.3 is 0 Å². The molecule has 0 bridgehead atoms. The van der Waals surface area contributed by atoms with E-state index in [9.17, 15) is 14.4 Å². The summed E-state index contributed by atoms with van der Waals surface area (Å²) in [5.74, 6) is 0.811. The summed E-state index contributed by atoms with van der Waals surface area (Å²) in [6.07, 6.45) is 6.08. The number of hydrogen-bond donors (Lipinski definition) is 1. The molecule has 0 radical (unpaired) electrons. The van der Waals surface area contributed by atoms with Gasteiger partial charge in [0.1, 0.15) is 17.7 Å². The molecule has 1 aliphatic rings. The summed E-state index contributed by atoms with van der Waals surface area (Å²) < 4.78 is 14.9. The molecule has 1 saturated heterocycles. The van der Waals surface area contributed by atoms with E-state index in [4.69, 9.17) is 0 Å². The molecule has 1 N–H and O–H groups in total. The summed E-state index contributed by atoms with van der Waals surface area (Å²) in [6.45, 7) is 1.58. The standard InChI is InChI=1S/C22H22FN7O/c23-17-5-3-4-16(12-17)15-30-21(31)8-7-20(28-30)29-11-2-1-6-18(29)14-27-22-19(13-24)25-9-10-26-22/h3-5,7-10,12,18H,1-2,6,11,14-15H2,(H,26,27). The van der Waals surface area contributed by atoms with E-state index in [0.717, 1.165) is 25.8 Å². The molecule has 4 rings (SSSR count). The average molecular weight is 419 g/mol. The number of nitriles is 1. The van der Waals surface area contributed by atoms with Crippen LogP contribution in [-0.2, 0) is 6.54 Å². The summed E-state index contributed by atoms with van der Waals surface area (Å²) in [5, 5.41) is 17.0. The number of hydrogen-bond acceptors (Lipinski definition) is 7. The Hall–Kier alpha value is -3.80. The Kier molecular flexibility index (Phi) is 6.17. The van der Waals surface area contributed by atoms with Crippen LogP contribution < -0.4 is 15.8 Å². The van der Waals surface area contributed by atoms with E-state index in [0.29, 0.717) is 23.7 Å². The lowest BCUT2D eigenvalue weighted by Crippen LogP contribution is -2.45. The first-order valence-corrected chi connectivity index (χ1v) is 10.2. The second-order valence-electron chi connectivity index (χ2n) is 7.41. The Morgan fingerprint density at radius 2 is 2.06 bits per heavy atom. The molecule has 0 aliphatic carbocycles. The van der Waals surface area contributed by atoms with Gasteiger partial charge in [-0.25, -0.2) is 19.0 Å². The first-order chi connectivity index (χ1) is 15.1. The van der Waals surface area contributed by atoms with Gasteiger partial charge in [0.15, 0.2) is 11.5 Å². The van der Waals surface area contributed by atoms with Crippen molar-refractivity contribution in [3.8, 4) is 6.07 Å². The van der Waals surface area contributed by atoms with Gasteiger partial charge in [0, 0.05) is 37.6 Å². The normalized spacial score (nSPS) is 16.0. The highest BCUT2D eigenvalue weighted by atomic mass is 19.1. The summed E-state index contributed by atoms with van der Waals surface area (Å²) in [7, 11) is 0. The molecular formula is C22H22FN7O. The Bertz CT molecular complexity index is 1160. The lowest BCUT2D eigenvalue weighted by molar-refractivity contribution is 0.462. The Labute approximate surface area is 179 Å². The van der Waals surface area contributed by atoms with Gasteiger partial charge in [-0.15, -0.1) is 0 Å². The topological polar surface area (TPSA) is 99.7 Å². The second kappa shape index (κ2) is 9.34. The lowest BCUT2D eigenvalue weighted by atomic mass is 10.0. The zero-order valence-electron chi connectivity index (χ0n) is 16.9. The van der Waals surface area contributed by atoms with Crippen LogP contribution in [0.4, 0.5) is 16.0 Å². The van der Waals surface area contributed by atoms with Crippen LogP contribution in [0.1, 0.15) is 30.5 Å². The molecule has 0 amide bonds. The van der Waals surface area contributed by atoms with Crippen LogP contribution in [0.25, 0.3) is 0 Å². The molecule has 31 heavy (non-hydrogen) atoms. The summed E-state index contributed by atoms with van der Waals surface area (Å²) >= 11 is 0. The first-order valence-electron chi connectivity index (χ1n) is 10.2. The molecule has 1 atom stereocenters. The van der Waals surface area contributed by atoms with Gasteiger partial charge in [-0.05, 0) is 43.0 Å². The molecule has 2 aromatic heterocycles. The van der Waals surface area contributed by atoms with Gasteiger partial charge in [-0.1, -0.05) is 12.1 Å². The predicted octanol–water partition coefficient (Wildman–Crippen LogP) is 2.56. The minimum absolute atomic E-state index is 0.120. The fraction of sp³-hybridized carbons (Fsp3) is 0.318. The fourth-order valence-electron chi connectivity index (χ4n) is 3.79. The highest BCUT2D eigenvalue weighted by Crippen LogP contribution is 2.23. The van der Waals surface area contributed by atoms with Crippen molar-refractivity contribution in [3.05, 3.63) is 76.2 Å². The molecule has 0 saturated carbocycles. The zero-order valence-corrected chi connectivity index (χ0v) is 16.9. The number of halogens is 1. The van der Waals surface area contributed by atoms with Crippen molar-refractivity contribution in [1.82, 2.24) is 19.7 Å². The van der Waals surface area contributed by atoms with Crippen LogP contribution in [0.3, 0.4) is 0 Å². The number of nitrogens with one attached hydrogen (secondary N) is 1. The molecule has 1 aromatic carbocycles. The van der Waals surface area contributed by atoms with Crippen molar-refractivity contribution in [2.45, 2.75) is 31.8 Å². The van der Waals surface area contributed by atoms with E-state index in [1.54, 1.807) is 24.4 Å². The zero-order chi connectivity index (χ0) is 21.6. The third-order valence-electron chi connectivity index (χ3n) is 5.30. The number of nitrogens with zero attached hydrogens (tertiary/aromatic N) is 6. The molecule has 158 valence electrons. The molecule has 8 nitrogen and oxygen atoms in total. The van der Waals surface area contributed by atoms with Crippen LogP contribution in [0, 0.1) is 17.1 Å². The average Bonchev–Trinajstić information content (AvgIpc) is 2.79. The van der Waals surface area contributed by atoms with Gasteiger partial charge < -0.3 is 10.2 Å². The van der Waals surface area contributed by atoms with E-state index in [2.05, 4.69) is 25.3 Å². The minimum Gasteiger partial charge on any atom is -0.366 e. The number of rotatable bonds is 6. The maximum atomic E-state index is 13.5. The first kappa shape index (κ1) is 20.5. The van der Waals surface area contributed by atoms with Crippen molar-refractivity contribution in [2.75, 3.05) is 23.3 Å². The van der Waals surface area contributed by atoms with Gasteiger partial charge in [-0.3, -0.25) is 4.79 Å². The highest BCUT2D eigenvalue weighted by Gasteiger charge is 2.24. The predicted molar refractivity (Wildman–Crippen MR) is 114 cm³/mol. The number of anilines is 2. The van der Waals surface area contributed by atoms with Gasteiger partial charge in [0.25, 0.3) is 5.56 Å². The lowest BCUT2D eigenvalue weighted by Gasteiger charge is -2.36. The molecule has 3 heterocycles. The highest BCUT2D eigenvalue weighted by molar-refractivity contribution is 5.47. The van der Waals surface area contributed by atoms with Crippen LogP contribution in [0.5, 0.6) is 0 Å². The van der Waals surface area contributed by atoms with Crippen molar-refractivity contribution in [2.24, 2.45) is 0 Å². The van der Waals surface area contributed by atoms with E-state index in [1.807, 2.05) is 6.07 Å². The second-order valence-corrected chi connectivity index (χ2v) is 7.41. The maximum absolute atomic E-state index is 13.5. The Balaban J connectivity index is 1.54. The quantitative estimate of drug-likeness (QED) is 0.655. The maximum Gasteiger partial charge on any atom is 0.267 e. The molecular weight excluding hydrogens is 397 g/mol. The van der Waals surface area contributed by atoms with E-state index in [-0.39, 0.29) is 29.7 Å². The Morgan fingerprint density at radius 3 is 2.90 bits per heavy atom. The Morgan fingerprint density at radius 1 is 1.19 bits per heavy atom. The van der Waals surface area contributed by atoms with Crippen LogP contribution in [0.2, 0.25) is 0 Å². The van der Waals surface area contributed by atoms with Gasteiger partial charge in [-0.2, -0.15) is 10.4 Å². The van der Waals surface area contributed by atoms with E-state index in [1.165, 1.54) is 29.1 Å². The molecule has 3 aromatic rings. The van der Waals surface area contributed by atoms with Gasteiger partial charge in [0.2, 0.25) is 0 Å². The summed E-state index contributed by atoms with van der Waals surface area (Å²) in [6, 6.07) is 11.5. The van der Waals surface area contributed by atoms with Crippen molar-refractivity contribution < 1.29 is 4.39 Å². The van der Waals surface area contributed by atoms with Crippen molar-refractivity contribution in [3.63, 3.8) is 0 Å². The minimum atomic E-state index is -0.343. The molecule has 1 unspecified atom stereocenters. The van der Waals surface area contributed by atoms with Gasteiger partial charge in [0.05, 0.1) is 6.54 Å². The molecule has 9 heteroatoms. The molecule has 0 spiro atoms. The van der Waals surface area contributed by atoms with E-state index >= 15 is 0 Å². The van der Waals surface area contributed by atoms with Crippen LogP contribution >= 0.6 is 0 Å². The summed E-state index contributed by atoms with van der Waals surface area (Å²) in [4.78, 5) is 22.7. The third kappa shape index (κ3) is 4.86. The van der Waals surface area contributed by atoms with Crippen LogP contribution in [0.15, 0.2) is 53.6 Å². The largest absolute Gasteiger partial charge is 0.366 e. The third-order valence-corrected chi connectivity index (χ3v) is 5.30. The molecule has 1 fully saturated rings. The number of benzene rings is 1. The van der Waals surface area contributed by atoms with Crippen LogP contribution in [-0.4, -0.2) is 38.9 Å². The van der Waals surface area contributed by atoms with E-state index < -0.39 is 0 Å². The summed E-state index contributed by atoms with van der Waals surface area (Å²) in [5.41, 5.74) is 0.694. The number of piperidine rings is 1.